The molecule has 3 nitrogen and oxygen atoms in total. The molecule has 0 N–H and O–H groups in total. The van der Waals surface area contributed by atoms with Crippen molar-refractivity contribution in [1.82, 2.24) is 4.90 Å². The Kier molecular flexibility index (Phi) is 4.19. The maximum atomic E-state index is 11.9. The zero-order valence-electron chi connectivity index (χ0n) is 7.49. The number of ether oxygens (including phenoxy) is 1. The van der Waals surface area contributed by atoms with Crippen molar-refractivity contribution in [3.05, 3.63) is 12.7 Å². The lowest BCUT2D eigenvalue weighted by atomic mass is 10.2. The van der Waals surface area contributed by atoms with E-state index in [0.717, 1.165) is 0 Å². The molecular formula is C8H11F2NO2S. The second kappa shape index (κ2) is 5.19. The average molecular weight is 223 g/mol. The predicted octanol–water partition coefficient (Wildman–Crippen LogP) is 1.95. The normalized spacial score (nSPS) is 16.6. The molecule has 0 aliphatic carbocycles. The van der Waals surface area contributed by atoms with Crippen molar-refractivity contribution in [3.8, 4) is 0 Å². The summed E-state index contributed by atoms with van der Waals surface area (Å²) in [4.78, 5) is 12.5. The molecule has 1 amide bonds. The second-order valence-corrected chi connectivity index (χ2v) is 4.08. The van der Waals surface area contributed by atoms with Crippen LogP contribution in [-0.2, 0) is 4.74 Å². The van der Waals surface area contributed by atoms with Crippen molar-refractivity contribution in [2.75, 3.05) is 19.7 Å². The van der Waals surface area contributed by atoms with Crippen molar-refractivity contribution >= 4 is 17.9 Å². The molecule has 1 saturated heterocycles. The number of rotatable bonds is 4. The molecular weight excluding hydrogens is 212 g/mol. The van der Waals surface area contributed by atoms with Crippen molar-refractivity contribution in [3.63, 3.8) is 0 Å². The van der Waals surface area contributed by atoms with Gasteiger partial charge < -0.3 is 9.64 Å². The number of nitrogens with zero attached hydrogens (tertiary/aromatic N) is 1. The van der Waals surface area contributed by atoms with E-state index in [1.165, 1.54) is 11.0 Å². The van der Waals surface area contributed by atoms with Gasteiger partial charge in [-0.2, -0.15) is 8.78 Å². The van der Waals surface area contributed by atoms with Gasteiger partial charge in [0.15, 0.2) is 0 Å². The largest absolute Gasteiger partial charge is 0.445 e. The first-order chi connectivity index (χ1) is 6.63. The van der Waals surface area contributed by atoms with Crippen LogP contribution in [0, 0.1) is 0 Å². The molecule has 0 aromatic carbocycles. The van der Waals surface area contributed by atoms with Crippen LogP contribution >= 0.6 is 11.8 Å². The van der Waals surface area contributed by atoms with Crippen molar-refractivity contribution in [2.45, 2.75) is 11.0 Å². The van der Waals surface area contributed by atoms with E-state index in [4.69, 9.17) is 4.74 Å². The second-order valence-electron chi connectivity index (χ2n) is 2.79. The maximum Gasteiger partial charge on any atom is 0.410 e. The quantitative estimate of drug-likeness (QED) is 0.682. The van der Waals surface area contributed by atoms with Gasteiger partial charge in [0, 0.05) is 18.3 Å². The molecule has 1 heterocycles. The van der Waals surface area contributed by atoms with E-state index in [0.29, 0.717) is 24.9 Å². The fourth-order valence-electron chi connectivity index (χ4n) is 1.04. The fourth-order valence-corrected chi connectivity index (χ4v) is 1.86. The van der Waals surface area contributed by atoms with Crippen LogP contribution in [-0.4, -0.2) is 41.7 Å². The molecule has 1 fully saturated rings. The number of amides is 1. The number of hydrogen-bond donors (Lipinski definition) is 0. The maximum absolute atomic E-state index is 11.9. The van der Waals surface area contributed by atoms with Crippen LogP contribution in [0.5, 0.6) is 0 Å². The molecule has 1 aliphatic heterocycles. The molecule has 1 rings (SSSR count). The van der Waals surface area contributed by atoms with Gasteiger partial charge in [0.1, 0.15) is 6.61 Å². The Morgan fingerprint density at radius 1 is 1.71 bits per heavy atom. The Morgan fingerprint density at radius 3 is 2.86 bits per heavy atom. The zero-order chi connectivity index (χ0) is 10.6. The lowest BCUT2D eigenvalue weighted by molar-refractivity contribution is 0.0912. The summed E-state index contributed by atoms with van der Waals surface area (Å²) < 4.78 is 28.4. The van der Waals surface area contributed by atoms with Crippen LogP contribution < -0.4 is 0 Å². The molecule has 0 radical (unpaired) electrons. The van der Waals surface area contributed by atoms with E-state index >= 15 is 0 Å². The summed E-state index contributed by atoms with van der Waals surface area (Å²) >= 11 is 0.583. The molecule has 6 heteroatoms. The third kappa shape index (κ3) is 3.17. The fraction of sp³-hybridized carbons (Fsp3) is 0.625. The number of halogens is 2. The van der Waals surface area contributed by atoms with Crippen LogP contribution in [0.2, 0.25) is 0 Å². The van der Waals surface area contributed by atoms with Crippen LogP contribution in [0.4, 0.5) is 13.6 Å². The first kappa shape index (κ1) is 11.3. The Labute approximate surface area is 85.1 Å². The molecule has 0 atom stereocenters. The summed E-state index contributed by atoms with van der Waals surface area (Å²) in [6.07, 6.45) is 0.999. The summed E-state index contributed by atoms with van der Waals surface area (Å²) in [6, 6.07) is 0. The van der Waals surface area contributed by atoms with Crippen LogP contribution in [0.15, 0.2) is 12.7 Å². The highest BCUT2D eigenvalue weighted by Crippen LogP contribution is 2.27. The van der Waals surface area contributed by atoms with Crippen LogP contribution in [0.1, 0.15) is 0 Å². The van der Waals surface area contributed by atoms with Crippen LogP contribution in [0.3, 0.4) is 0 Å². The Morgan fingerprint density at radius 2 is 2.36 bits per heavy atom. The van der Waals surface area contributed by atoms with Crippen molar-refractivity contribution in [1.29, 1.82) is 0 Å². The Hall–Kier alpha value is -0.780. The van der Waals surface area contributed by atoms with Gasteiger partial charge in [-0.15, -0.1) is 0 Å². The molecule has 0 bridgehead atoms. The van der Waals surface area contributed by atoms with E-state index in [1.807, 2.05) is 0 Å². The molecule has 14 heavy (non-hydrogen) atoms. The topological polar surface area (TPSA) is 29.5 Å². The van der Waals surface area contributed by atoms with E-state index in [-0.39, 0.29) is 11.9 Å². The minimum absolute atomic E-state index is 0.155. The van der Waals surface area contributed by atoms with E-state index in [2.05, 4.69) is 6.58 Å². The van der Waals surface area contributed by atoms with Gasteiger partial charge in [0.2, 0.25) is 0 Å². The minimum atomic E-state index is -2.37. The average Bonchev–Trinajstić information content (AvgIpc) is 2.06. The lowest BCUT2D eigenvalue weighted by Crippen LogP contribution is -2.52. The molecule has 0 aromatic heterocycles. The SMILES string of the molecule is C=CCOC(=O)N1CC(SC(F)F)C1. The molecule has 0 unspecified atom stereocenters. The zero-order valence-corrected chi connectivity index (χ0v) is 8.30. The summed E-state index contributed by atoms with van der Waals surface area (Å²) in [6.45, 7) is 4.22. The number of alkyl halides is 2. The van der Waals surface area contributed by atoms with Crippen molar-refractivity contribution in [2.24, 2.45) is 0 Å². The first-order valence-electron chi connectivity index (χ1n) is 4.09. The Bertz CT molecular complexity index is 219. The lowest BCUT2D eigenvalue weighted by Gasteiger charge is -2.37. The van der Waals surface area contributed by atoms with Gasteiger partial charge >= 0.3 is 6.09 Å². The number of thioether (sulfide) groups is 1. The molecule has 0 saturated carbocycles. The number of carbonyl (C=O) groups excluding carboxylic acids is 1. The number of hydrogen-bond acceptors (Lipinski definition) is 3. The first-order valence-corrected chi connectivity index (χ1v) is 5.04. The standard InChI is InChI=1S/C8H11F2NO2S/c1-2-3-13-8(12)11-4-6(5-11)14-7(9)10/h2,6-7H,1,3-5H2. The molecule has 0 aromatic rings. The summed E-state index contributed by atoms with van der Waals surface area (Å²) in [5, 5.41) is -0.161. The number of likely N-dealkylation sites (tertiary alicyclic amines) is 1. The summed E-state index contributed by atoms with van der Waals surface area (Å²) in [5.41, 5.74) is 0. The predicted molar refractivity (Wildman–Crippen MR) is 50.5 cm³/mol. The monoisotopic (exact) mass is 223 g/mol. The highest BCUT2D eigenvalue weighted by Gasteiger charge is 2.33. The number of carbonyl (C=O) groups is 1. The van der Waals surface area contributed by atoms with Gasteiger partial charge in [-0.3, -0.25) is 0 Å². The van der Waals surface area contributed by atoms with Crippen molar-refractivity contribution < 1.29 is 18.3 Å². The molecule has 0 spiro atoms. The molecule has 1 aliphatic rings. The smallest absolute Gasteiger partial charge is 0.410 e. The van der Waals surface area contributed by atoms with E-state index in [1.54, 1.807) is 0 Å². The third-order valence-corrected chi connectivity index (χ3v) is 2.62. The summed E-state index contributed by atoms with van der Waals surface area (Å²) in [5.74, 6) is -2.37. The third-order valence-electron chi connectivity index (χ3n) is 1.73. The summed E-state index contributed by atoms with van der Waals surface area (Å²) in [7, 11) is 0. The Balaban J connectivity index is 2.14. The highest BCUT2D eigenvalue weighted by atomic mass is 32.2. The van der Waals surface area contributed by atoms with Gasteiger partial charge in [0.25, 0.3) is 5.76 Å². The van der Waals surface area contributed by atoms with Gasteiger partial charge in [-0.1, -0.05) is 24.4 Å². The van der Waals surface area contributed by atoms with Crippen LogP contribution in [0.25, 0.3) is 0 Å². The van der Waals surface area contributed by atoms with E-state index < -0.39 is 11.9 Å². The van der Waals surface area contributed by atoms with Gasteiger partial charge in [0.05, 0.1) is 0 Å². The minimum Gasteiger partial charge on any atom is -0.445 e. The van der Waals surface area contributed by atoms with Gasteiger partial charge in [-0.25, -0.2) is 4.79 Å². The molecule has 80 valence electrons. The highest BCUT2D eigenvalue weighted by molar-refractivity contribution is 8.00. The van der Waals surface area contributed by atoms with Gasteiger partial charge in [-0.05, 0) is 0 Å². The van der Waals surface area contributed by atoms with E-state index in [9.17, 15) is 13.6 Å².